The first-order valence-electron chi connectivity index (χ1n) is 4.86. The largest absolute Gasteiger partial charge is 0.507 e. The van der Waals surface area contributed by atoms with Gasteiger partial charge in [-0.1, -0.05) is 12.1 Å². The van der Waals surface area contributed by atoms with Gasteiger partial charge in [-0.15, -0.1) is 6.58 Å². The number of aromatic hydroxyl groups is 1. The molecule has 4 heteroatoms. The summed E-state index contributed by atoms with van der Waals surface area (Å²) in [6.07, 6.45) is 3.57. The minimum atomic E-state index is 0.109. The number of phenolic OH excluding ortho intramolecular Hbond substituents is 1. The van der Waals surface area contributed by atoms with E-state index in [-0.39, 0.29) is 5.75 Å². The number of phenols is 1. The zero-order chi connectivity index (χ0) is 12.1. The third kappa shape index (κ3) is 2.28. The highest BCUT2D eigenvalue weighted by atomic mass is 16.3. The summed E-state index contributed by atoms with van der Waals surface area (Å²) >= 11 is 0. The van der Waals surface area contributed by atoms with Crippen LogP contribution < -0.4 is 5.84 Å². The van der Waals surface area contributed by atoms with Crippen LogP contribution in [0.15, 0.2) is 29.9 Å². The van der Waals surface area contributed by atoms with Gasteiger partial charge < -0.3 is 16.4 Å². The minimum Gasteiger partial charge on any atom is -0.507 e. The molecular formula is C12H15N3O. The molecule has 0 saturated carbocycles. The number of rotatable bonds is 4. The quantitative estimate of drug-likeness (QED) is 0.311. The Balaban J connectivity index is 3.40. The van der Waals surface area contributed by atoms with E-state index >= 15 is 0 Å². The number of allylic oxidation sites excluding steroid dienone is 1. The van der Waals surface area contributed by atoms with E-state index in [1.165, 1.54) is 6.21 Å². The van der Waals surface area contributed by atoms with Gasteiger partial charge in [0.05, 0.1) is 6.21 Å². The highest BCUT2D eigenvalue weighted by Crippen LogP contribution is 2.26. The molecule has 0 bridgehead atoms. The van der Waals surface area contributed by atoms with E-state index < -0.39 is 0 Å². The van der Waals surface area contributed by atoms with Crippen LogP contribution in [-0.4, -0.2) is 17.0 Å². The van der Waals surface area contributed by atoms with Gasteiger partial charge in [-0.05, 0) is 19.4 Å². The summed E-state index contributed by atoms with van der Waals surface area (Å²) in [6.45, 7) is 5.31. The number of hydrogen-bond acceptors (Lipinski definition) is 4. The summed E-state index contributed by atoms with van der Waals surface area (Å²) in [5.41, 5.74) is 2.35. The Hall–Kier alpha value is -2.10. The average molecular weight is 217 g/mol. The number of nitrogens with one attached hydrogen (secondary N) is 1. The van der Waals surface area contributed by atoms with E-state index in [0.29, 0.717) is 28.8 Å². The van der Waals surface area contributed by atoms with E-state index in [1.807, 2.05) is 0 Å². The molecule has 1 aromatic carbocycles. The minimum absolute atomic E-state index is 0.109. The first-order valence-corrected chi connectivity index (χ1v) is 4.86. The molecule has 0 fully saturated rings. The van der Waals surface area contributed by atoms with Gasteiger partial charge in [-0.25, -0.2) is 0 Å². The third-order valence-corrected chi connectivity index (χ3v) is 2.28. The van der Waals surface area contributed by atoms with E-state index in [1.54, 1.807) is 25.1 Å². The number of nitrogens with two attached hydrogens (primary N) is 1. The second kappa shape index (κ2) is 5.11. The fourth-order valence-electron chi connectivity index (χ4n) is 1.54. The molecule has 0 radical (unpaired) electrons. The predicted octanol–water partition coefficient (Wildman–Crippen LogP) is 1.80. The molecule has 0 heterocycles. The van der Waals surface area contributed by atoms with Gasteiger partial charge in [0.15, 0.2) is 0 Å². The molecule has 0 spiro atoms. The first-order chi connectivity index (χ1) is 7.61. The van der Waals surface area contributed by atoms with Crippen LogP contribution in [0.5, 0.6) is 5.75 Å². The van der Waals surface area contributed by atoms with Crippen molar-refractivity contribution in [3.8, 4) is 5.75 Å². The fraction of sp³-hybridized carbons (Fsp3) is 0.167. The maximum Gasteiger partial charge on any atom is 0.128 e. The lowest BCUT2D eigenvalue weighted by molar-refractivity contribution is 0.468. The second-order valence-electron chi connectivity index (χ2n) is 3.43. The summed E-state index contributed by atoms with van der Waals surface area (Å²) in [6, 6.07) is 3.46. The van der Waals surface area contributed by atoms with Crippen molar-refractivity contribution in [1.82, 2.24) is 0 Å². The van der Waals surface area contributed by atoms with Gasteiger partial charge in [0.25, 0.3) is 0 Å². The van der Waals surface area contributed by atoms with Crippen LogP contribution >= 0.6 is 0 Å². The van der Waals surface area contributed by atoms with Crippen LogP contribution in [0.1, 0.15) is 23.6 Å². The molecule has 0 amide bonds. The Morgan fingerprint density at radius 3 is 2.81 bits per heavy atom. The molecule has 1 aromatic rings. The maximum atomic E-state index is 9.99. The zero-order valence-corrected chi connectivity index (χ0v) is 9.20. The van der Waals surface area contributed by atoms with Crippen LogP contribution in [0.2, 0.25) is 0 Å². The Morgan fingerprint density at radius 2 is 2.31 bits per heavy atom. The SMILES string of the molecule is C=CCc1c(C(C)=N)ccc(C=NN)c1O. The van der Waals surface area contributed by atoms with Gasteiger partial charge in [-0.2, -0.15) is 5.10 Å². The van der Waals surface area contributed by atoms with Crippen LogP contribution in [0.3, 0.4) is 0 Å². The Kier molecular flexibility index (Phi) is 3.83. The lowest BCUT2D eigenvalue weighted by Crippen LogP contribution is -2.01. The van der Waals surface area contributed by atoms with Gasteiger partial charge in [0.2, 0.25) is 0 Å². The Morgan fingerprint density at radius 1 is 1.62 bits per heavy atom. The van der Waals surface area contributed by atoms with Crippen LogP contribution in [-0.2, 0) is 6.42 Å². The molecule has 0 aliphatic carbocycles. The van der Waals surface area contributed by atoms with E-state index in [9.17, 15) is 5.11 Å². The van der Waals surface area contributed by atoms with Crippen LogP contribution in [0.4, 0.5) is 0 Å². The van der Waals surface area contributed by atoms with Crippen molar-refractivity contribution in [2.75, 3.05) is 0 Å². The smallest absolute Gasteiger partial charge is 0.128 e. The lowest BCUT2D eigenvalue weighted by atomic mass is 9.97. The van der Waals surface area contributed by atoms with Gasteiger partial charge >= 0.3 is 0 Å². The van der Waals surface area contributed by atoms with Crippen LogP contribution in [0.25, 0.3) is 0 Å². The molecule has 1 rings (SSSR count). The van der Waals surface area contributed by atoms with Crippen molar-refractivity contribution < 1.29 is 5.11 Å². The highest BCUT2D eigenvalue weighted by Gasteiger charge is 2.11. The molecule has 0 aliphatic rings. The highest BCUT2D eigenvalue weighted by molar-refractivity contribution is 5.99. The van der Waals surface area contributed by atoms with E-state index in [0.717, 1.165) is 0 Å². The zero-order valence-electron chi connectivity index (χ0n) is 9.20. The Labute approximate surface area is 94.6 Å². The summed E-state index contributed by atoms with van der Waals surface area (Å²) in [4.78, 5) is 0. The van der Waals surface area contributed by atoms with E-state index in [2.05, 4.69) is 11.7 Å². The monoisotopic (exact) mass is 217 g/mol. The number of benzene rings is 1. The van der Waals surface area contributed by atoms with E-state index in [4.69, 9.17) is 11.3 Å². The number of nitrogens with zero attached hydrogens (tertiary/aromatic N) is 1. The maximum absolute atomic E-state index is 9.99. The topological polar surface area (TPSA) is 82.5 Å². The molecule has 4 N–H and O–H groups in total. The fourth-order valence-corrected chi connectivity index (χ4v) is 1.54. The summed E-state index contributed by atoms with van der Waals surface area (Å²) in [5, 5.41) is 21.0. The van der Waals surface area contributed by atoms with Crippen molar-refractivity contribution in [2.24, 2.45) is 10.9 Å². The molecule has 0 unspecified atom stereocenters. The molecule has 4 nitrogen and oxygen atoms in total. The molecule has 0 atom stereocenters. The van der Waals surface area contributed by atoms with Crippen molar-refractivity contribution in [3.63, 3.8) is 0 Å². The molecule has 0 saturated heterocycles. The molecule has 0 aliphatic heterocycles. The van der Waals surface area contributed by atoms with Gasteiger partial charge in [-0.3, -0.25) is 0 Å². The summed E-state index contributed by atoms with van der Waals surface area (Å²) in [5.74, 6) is 5.16. The number of hydrogen-bond donors (Lipinski definition) is 3. The third-order valence-electron chi connectivity index (χ3n) is 2.28. The molecule has 84 valence electrons. The normalized spacial score (nSPS) is 10.6. The molecule has 16 heavy (non-hydrogen) atoms. The number of hydrazone groups is 1. The molecule has 0 aromatic heterocycles. The molecular weight excluding hydrogens is 202 g/mol. The first kappa shape index (κ1) is 12.0. The van der Waals surface area contributed by atoms with Crippen molar-refractivity contribution >= 4 is 11.9 Å². The van der Waals surface area contributed by atoms with Crippen LogP contribution in [0, 0.1) is 5.41 Å². The lowest BCUT2D eigenvalue weighted by Gasteiger charge is -2.10. The van der Waals surface area contributed by atoms with Gasteiger partial charge in [0.1, 0.15) is 5.75 Å². The summed E-state index contributed by atoms with van der Waals surface area (Å²) < 4.78 is 0. The van der Waals surface area contributed by atoms with Crippen molar-refractivity contribution in [1.29, 1.82) is 5.41 Å². The second-order valence-corrected chi connectivity index (χ2v) is 3.43. The predicted molar refractivity (Wildman–Crippen MR) is 66.3 cm³/mol. The van der Waals surface area contributed by atoms with Crippen molar-refractivity contribution in [3.05, 3.63) is 41.5 Å². The average Bonchev–Trinajstić information content (AvgIpc) is 2.24. The van der Waals surface area contributed by atoms with Gasteiger partial charge in [0, 0.05) is 22.4 Å². The Bertz CT molecular complexity index is 450. The van der Waals surface area contributed by atoms with Crippen molar-refractivity contribution in [2.45, 2.75) is 13.3 Å². The summed E-state index contributed by atoms with van der Waals surface area (Å²) in [7, 11) is 0. The standard InChI is InChI=1S/C12H15N3O/c1-3-4-11-10(8(2)13)6-5-9(7-15-14)12(11)16/h3,5-7,13,16H,1,4,14H2,2H3.